The van der Waals surface area contributed by atoms with E-state index < -0.39 is 4.92 Å². The second-order valence-corrected chi connectivity index (χ2v) is 5.80. The fraction of sp³-hybridized carbons (Fsp3) is 0.375. The van der Waals surface area contributed by atoms with Gasteiger partial charge in [-0.1, -0.05) is 11.6 Å². The van der Waals surface area contributed by atoms with Crippen molar-refractivity contribution in [1.82, 2.24) is 9.78 Å². The van der Waals surface area contributed by atoms with Crippen LogP contribution in [-0.4, -0.2) is 34.8 Å². The summed E-state index contributed by atoms with van der Waals surface area (Å²) in [5.74, 6) is 0.513. The standard InChI is InChI=1S/C16H19ClN4O5/c1-10-15(17)16(21(23)24)19-20(10)8-4-5-14(22)18-11-6-7-12(25-2)13(9-11)26-3/h6-7,9H,4-5,8H2,1-3H3,(H,18,22). The van der Waals surface area contributed by atoms with E-state index >= 15 is 0 Å². The summed E-state index contributed by atoms with van der Waals surface area (Å²) in [6.45, 7) is 1.99. The molecule has 9 nitrogen and oxygen atoms in total. The molecule has 0 bridgehead atoms. The predicted molar refractivity (Wildman–Crippen MR) is 96.0 cm³/mol. The van der Waals surface area contributed by atoms with E-state index in [1.807, 2.05) is 0 Å². The van der Waals surface area contributed by atoms with Gasteiger partial charge in [0.2, 0.25) is 5.91 Å². The molecule has 0 saturated heterocycles. The van der Waals surface area contributed by atoms with Crippen LogP contribution in [0.4, 0.5) is 11.5 Å². The van der Waals surface area contributed by atoms with Gasteiger partial charge in [-0.15, -0.1) is 0 Å². The van der Waals surface area contributed by atoms with Gasteiger partial charge in [0.05, 0.1) is 31.6 Å². The van der Waals surface area contributed by atoms with E-state index in [4.69, 9.17) is 21.1 Å². The van der Waals surface area contributed by atoms with Crippen molar-refractivity contribution in [3.05, 3.63) is 39.0 Å². The number of halogens is 1. The molecule has 1 aromatic carbocycles. The zero-order chi connectivity index (χ0) is 19.3. The van der Waals surface area contributed by atoms with E-state index in [2.05, 4.69) is 10.4 Å². The van der Waals surface area contributed by atoms with Gasteiger partial charge in [0, 0.05) is 18.2 Å². The topological polar surface area (TPSA) is 109 Å². The lowest BCUT2D eigenvalue weighted by molar-refractivity contribution is -0.389. The minimum Gasteiger partial charge on any atom is -0.493 e. The van der Waals surface area contributed by atoms with Crippen molar-refractivity contribution < 1.29 is 19.2 Å². The number of anilines is 1. The maximum absolute atomic E-state index is 12.1. The predicted octanol–water partition coefficient (Wildman–Crippen LogP) is 3.19. The van der Waals surface area contributed by atoms with Gasteiger partial charge in [-0.2, -0.15) is 4.68 Å². The number of nitro groups is 1. The monoisotopic (exact) mass is 382 g/mol. The summed E-state index contributed by atoms with van der Waals surface area (Å²) in [7, 11) is 3.05. The number of nitrogens with zero attached hydrogens (tertiary/aromatic N) is 3. The van der Waals surface area contributed by atoms with Crippen molar-refractivity contribution in [2.75, 3.05) is 19.5 Å². The minimum absolute atomic E-state index is 0.0183. The summed E-state index contributed by atoms with van der Waals surface area (Å²) < 4.78 is 11.8. The first-order chi connectivity index (χ1) is 12.4. The van der Waals surface area contributed by atoms with Crippen molar-refractivity contribution >= 4 is 29.0 Å². The molecule has 2 aromatic rings. The van der Waals surface area contributed by atoms with Gasteiger partial charge in [-0.05, 0) is 30.4 Å². The average Bonchev–Trinajstić information content (AvgIpc) is 2.90. The molecule has 0 aliphatic heterocycles. The van der Waals surface area contributed by atoms with Crippen LogP contribution in [-0.2, 0) is 11.3 Å². The van der Waals surface area contributed by atoms with Crippen molar-refractivity contribution in [2.45, 2.75) is 26.3 Å². The van der Waals surface area contributed by atoms with Gasteiger partial charge >= 0.3 is 5.82 Å². The Balaban J connectivity index is 1.92. The number of rotatable bonds is 8. The molecule has 0 fully saturated rings. The molecule has 1 N–H and O–H groups in total. The average molecular weight is 383 g/mol. The fourth-order valence-corrected chi connectivity index (χ4v) is 2.57. The molecule has 1 aromatic heterocycles. The molecule has 0 atom stereocenters. The number of hydrogen-bond donors (Lipinski definition) is 1. The molecule has 0 spiro atoms. The first-order valence-corrected chi connectivity index (χ1v) is 8.14. The minimum atomic E-state index is -0.629. The van der Waals surface area contributed by atoms with E-state index in [9.17, 15) is 14.9 Å². The lowest BCUT2D eigenvalue weighted by atomic mass is 10.2. The van der Waals surface area contributed by atoms with Gasteiger partial charge in [0.1, 0.15) is 0 Å². The third kappa shape index (κ3) is 4.42. The van der Waals surface area contributed by atoms with Crippen molar-refractivity contribution in [2.24, 2.45) is 0 Å². The van der Waals surface area contributed by atoms with Crippen LogP contribution in [0.15, 0.2) is 18.2 Å². The Labute approximate surface area is 155 Å². The van der Waals surface area contributed by atoms with E-state index in [0.717, 1.165) is 0 Å². The lowest BCUT2D eigenvalue weighted by Gasteiger charge is -2.10. The number of nitrogens with one attached hydrogen (secondary N) is 1. The summed E-state index contributed by atoms with van der Waals surface area (Å²) in [5, 5.41) is 17.5. The van der Waals surface area contributed by atoms with Gasteiger partial charge < -0.3 is 24.9 Å². The number of ether oxygens (including phenoxy) is 2. The number of methoxy groups -OCH3 is 2. The highest BCUT2D eigenvalue weighted by atomic mass is 35.5. The van der Waals surface area contributed by atoms with Crippen LogP contribution < -0.4 is 14.8 Å². The molecule has 1 amide bonds. The van der Waals surface area contributed by atoms with Crippen molar-refractivity contribution in [3.8, 4) is 11.5 Å². The van der Waals surface area contributed by atoms with E-state index in [0.29, 0.717) is 35.8 Å². The highest BCUT2D eigenvalue weighted by Gasteiger charge is 2.23. The molecule has 10 heteroatoms. The van der Waals surface area contributed by atoms with Crippen LogP contribution in [0.2, 0.25) is 5.02 Å². The third-order valence-corrected chi connectivity index (χ3v) is 4.17. The third-order valence-electron chi connectivity index (χ3n) is 3.73. The van der Waals surface area contributed by atoms with Crippen molar-refractivity contribution in [3.63, 3.8) is 0 Å². The lowest BCUT2D eigenvalue weighted by Crippen LogP contribution is -2.13. The Kier molecular flexibility index (Phi) is 6.40. The second-order valence-electron chi connectivity index (χ2n) is 5.42. The number of aromatic nitrogens is 2. The van der Waals surface area contributed by atoms with Crippen LogP contribution in [0.25, 0.3) is 0 Å². The largest absolute Gasteiger partial charge is 0.493 e. The number of hydrogen-bond acceptors (Lipinski definition) is 6. The summed E-state index contributed by atoms with van der Waals surface area (Å²) in [4.78, 5) is 22.3. The molecule has 2 rings (SSSR count). The van der Waals surface area contributed by atoms with Crippen molar-refractivity contribution in [1.29, 1.82) is 0 Å². The first kappa shape index (κ1) is 19.5. The molecule has 140 valence electrons. The Morgan fingerprint density at radius 3 is 2.62 bits per heavy atom. The van der Waals surface area contributed by atoms with E-state index in [1.54, 1.807) is 25.1 Å². The Hall–Kier alpha value is -2.81. The van der Waals surface area contributed by atoms with Crippen LogP contribution >= 0.6 is 11.6 Å². The highest BCUT2D eigenvalue weighted by molar-refractivity contribution is 6.33. The molecule has 1 heterocycles. The summed E-state index contributed by atoms with van der Waals surface area (Å²) in [6, 6.07) is 5.07. The Morgan fingerprint density at radius 2 is 2.04 bits per heavy atom. The van der Waals surface area contributed by atoms with Gasteiger partial charge in [-0.25, -0.2) is 0 Å². The van der Waals surface area contributed by atoms with Crippen LogP contribution in [0.3, 0.4) is 0 Å². The van der Waals surface area contributed by atoms with Gasteiger partial charge in [0.25, 0.3) is 0 Å². The first-order valence-electron chi connectivity index (χ1n) is 7.76. The normalized spacial score (nSPS) is 10.5. The molecule has 0 radical (unpaired) electrons. The molecule has 0 saturated carbocycles. The fourth-order valence-electron chi connectivity index (χ4n) is 2.37. The molecule has 0 aliphatic carbocycles. The van der Waals surface area contributed by atoms with Crippen LogP contribution in [0.5, 0.6) is 11.5 Å². The number of carbonyl (C=O) groups is 1. The maximum atomic E-state index is 12.1. The summed E-state index contributed by atoms with van der Waals surface area (Å²) in [6.07, 6.45) is 0.675. The zero-order valence-corrected chi connectivity index (χ0v) is 15.4. The van der Waals surface area contributed by atoms with E-state index in [-0.39, 0.29) is 23.2 Å². The SMILES string of the molecule is COc1ccc(NC(=O)CCCn2nc([N+](=O)[O-])c(Cl)c2C)cc1OC. The van der Waals surface area contributed by atoms with Gasteiger partial charge in [-0.3, -0.25) is 4.79 Å². The highest BCUT2D eigenvalue weighted by Crippen LogP contribution is 2.30. The molecule has 0 aliphatic rings. The van der Waals surface area contributed by atoms with Crippen LogP contribution in [0.1, 0.15) is 18.5 Å². The maximum Gasteiger partial charge on any atom is 0.408 e. The summed E-state index contributed by atoms with van der Waals surface area (Å²) in [5.41, 5.74) is 1.08. The van der Waals surface area contributed by atoms with Crippen LogP contribution in [0, 0.1) is 17.0 Å². The number of benzene rings is 1. The number of carbonyl (C=O) groups excluding carboxylic acids is 1. The number of amides is 1. The molecule has 26 heavy (non-hydrogen) atoms. The Bertz CT molecular complexity index is 821. The number of aryl methyl sites for hydroxylation is 1. The Morgan fingerprint density at radius 1 is 1.35 bits per heavy atom. The van der Waals surface area contributed by atoms with E-state index in [1.165, 1.54) is 18.9 Å². The smallest absolute Gasteiger partial charge is 0.408 e. The molecular weight excluding hydrogens is 364 g/mol. The molecule has 0 unspecified atom stereocenters. The zero-order valence-electron chi connectivity index (χ0n) is 14.6. The quantitative estimate of drug-likeness (QED) is 0.554. The second kappa shape index (κ2) is 8.52. The summed E-state index contributed by atoms with van der Waals surface area (Å²) >= 11 is 5.88. The van der Waals surface area contributed by atoms with Gasteiger partial charge in [0.15, 0.2) is 16.5 Å². The molecular formula is C16H19ClN4O5.